The zero-order valence-corrected chi connectivity index (χ0v) is 12.9. The molecule has 0 aromatic heterocycles. The van der Waals surface area contributed by atoms with Crippen LogP contribution >= 0.6 is 0 Å². The van der Waals surface area contributed by atoms with Gasteiger partial charge in [0.15, 0.2) is 0 Å². The molecule has 0 aliphatic carbocycles. The van der Waals surface area contributed by atoms with Crippen LogP contribution in [0.15, 0.2) is 0 Å². The monoisotopic (exact) mass is 283 g/mol. The van der Waals surface area contributed by atoms with Gasteiger partial charge in [0.05, 0.1) is 19.3 Å². The minimum absolute atomic E-state index is 0.0420. The number of morpholine rings is 1. The Morgan fingerprint density at radius 1 is 1.40 bits per heavy atom. The largest absolute Gasteiger partial charge is 0.379 e. The van der Waals surface area contributed by atoms with Crippen LogP contribution in [0.4, 0.5) is 0 Å². The Morgan fingerprint density at radius 3 is 2.85 bits per heavy atom. The third-order valence-corrected chi connectivity index (χ3v) is 4.44. The highest BCUT2D eigenvalue weighted by molar-refractivity contribution is 5.82. The zero-order chi connectivity index (χ0) is 14.4. The molecule has 116 valence electrons. The van der Waals surface area contributed by atoms with Crippen molar-refractivity contribution in [3.05, 3.63) is 0 Å². The van der Waals surface area contributed by atoms with Crippen molar-refractivity contribution in [3.63, 3.8) is 0 Å². The minimum Gasteiger partial charge on any atom is -0.379 e. The third kappa shape index (κ3) is 4.43. The van der Waals surface area contributed by atoms with Crippen molar-refractivity contribution >= 4 is 5.91 Å². The smallest absolute Gasteiger partial charge is 0.237 e. The van der Waals surface area contributed by atoms with E-state index < -0.39 is 0 Å². The first-order chi connectivity index (χ1) is 9.59. The van der Waals surface area contributed by atoms with Gasteiger partial charge in [0.25, 0.3) is 0 Å². The minimum atomic E-state index is -0.0420. The maximum Gasteiger partial charge on any atom is 0.237 e. The predicted octanol–water partition coefficient (Wildman–Crippen LogP) is 0.603. The Bertz CT molecular complexity index is 314. The van der Waals surface area contributed by atoms with Gasteiger partial charge in [-0.1, -0.05) is 13.8 Å². The zero-order valence-electron chi connectivity index (χ0n) is 12.9. The molecule has 2 N–H and O–H groups in total. The van der Waals surface area contributed by atoms with Gasteiger partial charge in [0.2, 0.25) is 5.91 Å². The van der Waals surface area contributed by atoms with Gasteiger partial charge in [-0.3, -0.25) is 9.69 Å². The van der Waals surface area contributed by atoms with Gasteiger partial charge in [0.1, 0.15) is 0 Å². The first-order valence-corrected chi connectivity index (χ1v) is 7.91. The molecule has 5 heteroatoms. The average molecular weight is 283 g/mol. The van der Waals surface area contributed by atoms with Gasteiger partial charge in [0, 0.05) is 19.6 Å². The van der Waals surface area contributed by atoms with Crippen molar-refractivity contribution in [1.82, 2.24) is 15.5 Å². The second-order valence-electron chi connectivity index (χ2n) is 6.58. The molecule has 2 aliphatic heterocycles. The summed E-state index contributed by atoms with van der Waals surface area (Å²) in [7, 11) is 0. The summed E-state index contributed by atoms with van der Waals surface area (Å²) < 4.78 is 5.33. The van der Waals surface area contributed by atoms with Crippen molar-refractivity contribution in [2.45, 2.75) is 39.2 Å². The SMILES string of the molecule is CC1(C)CCCNC1C(=O)NCCCN1CCOCC1. The molecule has 0 spiro atoms. The molecule has 2 heterocycles. The molecule has 2 saturated heterocycles. The van der Waals surface area contributed by atoms with Crippen LogP contribution in [0.5, 0.6) is 0 Å². The summed E-state index contributed by atoms with van der Waals surface area (Å²) in [6, 6.07) is -0.0420. The molecule has 1 atom stereocenters. The van der Waals surface area contributed by atoms with Crippen LogP contribution in [0.25, 0.3) is 0 Å². The molecular weight excluding hydrogens is 254 g/mol. The number of carbonyl (C=O) groups is 1. The third-order valence-electron chi connectivity index (χ3n) is 4.44. The van der Waals surface area contributed by atoms with Crippen LogP contribution in [-0.2, 0) is 9.53 Å². The summed E-state index contributed by atoms with van der Waals surface area (Å²) in [5.74, 6) is 0.164. The molecular formula is C15H29N3O2. The molecule has 2 rings (SSSR count). The second-order valence-corrected chi connectivity index (χ2v) is 6.58. The highest BCUT2D eigenvalue weighted by Gasteiger charge is 2.36. The molecule has 5 nitrogen and oxygen atoms in total. The van der Waals surface area contributed by atoms with Crippen LogP contribution in [0.3, 0.4) is 0 Å². The topological polar surface area (TPSA) is 53.6 Å². The number of rotatable bonds is 5. The molecule has 0 saturated carbocycles. The van der Waals surface area contributed by atoms with Crippen molar-refractivity contribution < 1.29 is 9.53 Å². The fourth-order valence-corrected chi connectivity index (χ4v) is 3.10. The summed E-state index contributed by atoms with van der Waals surface area (Å²) in [5, 5.41) is 6.45. The number of hydrogen-bond acceptors (Lipinski definition) is 4. The Hall–Kier alpha value is -0.650. The van der Waals surface area contributed by atoms with Gasteiger partial charge in [-0.25, -0.2) is 0 Å². The summed E-state index contributed by atoms with van der Waals surface area (Å²) in [5.41, 5.74) is 0.0620. The quantitative estimate of drug-likeness (QED) is 0.726. The van der Waals surface area contributed by atoms with Gasteiger partial charge >= 0.3 is 0 Å². The lowest BCUT2D eigenvalue weighted by molar-refractivity contribution is -0.126. The van der Waals surface area contributed by atoms with Crippen LogP contribution in [0.2, 0.25) is 0 Å². The lowest BCUT2D eigenvalue weighted by Gasteiger charge is -2.38. The van der Waals surface area contributed by atoms with E-state index in [1.807, 2.05) is 0 Å². The van der Waals surface area contributed by atoms with Gasteiger partial charge in [-0.2, -0.15) is 0 Å². The van der Waals surface area contributed by atoms with Crippen LogP contribution in [0, 0.1) is 5.41 Å². The molecule has 2 fully saturated rings. The molecule has 1 unspecified atom stereocenters. The number of nitrogens with zero attached hydrogens (tertiary/aromatic N) is 1. The highest BCUT2D eigenvalue weighted by Crippen LogP contribution is 2.29. The Kier molecular flexibility index (Phi) is 5.81. The van der Waals surface area contributed by atoms with E-state index in [2.05, 4.69) is 29.4 Å². The molecule has 0 bridgehead atoms. The van der Waals surface area contributed by atoms with Crippen LogP contribution in [-0.4, -0.2) is 62.8 Å². The van der Waals surface area contributed by atoms with Gasteiger partial charge in [-0.15, -0.1) is 0 Å². The maximum absolute atomic E-state index is 12.3. The normalized spacial score (nSPS) is 27.2. The number of carbonyl (C=O) groups excluding carboxylic acids is 1. The first kappa shape index (κ1) is 15.7. The summed E-state index contributed by atoms with van der Waals surface area (Å²) >= 11 is 0. The Balaban J connectivity index is 1.64. The van der Waals surface area contributed by atoms with Crippen molar-refractivity contribution in [1.29, 1.82) is 0 Å². The van der Waals surface area contributed by atoms with E-state index >= 15 is 0 Å². The Labute approximate surface area is 122 Å². The average Bonchev–Trinajstić information content (AvgIpc) is 2.44. The van der Waals surface area contributed by atoms with Crippen molar-refractivity contribution in [3.8, 4) is 0 Å². The lowest BCUT2D eigenvalue weighted by Crippen LogP contribution is -2.55. The van der Waals surface area contributed by atoms with Crippen LogP contribution in [0.1, 0.15) is 33.1 Å². The van der Waals surface area contributed by atoms with E-state index in [0.29, 0.717) is 0 Å². The highest BCUT2D eigenvalue weighted by atomic mass is 16.5. The predicted molar refractivity (Wildman–Crippen MR) is 79.7 cm³/mol. The van der Waals surface area contributed by atoms with Crippen molar-refractivity contribution in [2.24, 2.45) is 5.41 Å². The molecule has 0 aromatic carbocycles. The fourth-order valence-electron chi connectivity index (χ4n) is 3.10. The van der Waals surface area contributed by atoms with E-state index in [4.69, 9.17) is 4.74 Å². The van der Waals surface area contributed by atoms with Crippen LogP contribution < -0.4 is 10.6 Å². The number of nitrogens with one attached hydrogen (secondary N) is 2. The first-order valence-electron chi connectivity index (χ1n) is 7.91. The fraction of sp³-hybridized carbons (Fsp3) is 0.933. The molecule has 2 aliphatic rings. The molecule has 1 amide bonds. The second kappa shape index (κ2) is 7.38. The van der Waals surface area contributed by atoms with Gasteiger partial charge in [-0.05, 0) is 37.8 Å². The molecule has 0 aromatic rings. The molecule has 0 radical (unpaired) electrons. The van der Waals surface area contributed by atoms with E-state index in [9.17, 15) is 4.79 Å². The summed E-state index contributed by atoms with van der Waals surface area (Å²) in [6.07, 6.45) is 3.29. The lowest BCUT2D eigenvalue weighted by atomic mass is 9.77. The van der Waals surface area contributed by atoms with E-state index in [-0.39, 0.29) is 17.4 Å². The van der Waals surface area contributed by atoms with E-state index in [1.165, 1.54) is 0 Å². The summed E-state index contributed by atoms with van der Waals surface area (Å²) in [6.45, 7) is 10.8. The molecule has 20 heavy (non-hydrogen) atoms. The van der Waals surface area contributed by atoms with E-state index in [0.717, 1.165) is 65.2 Å². The number of piperidine rings is 1. The number of ether oxygens (including phenoxy) is 1. The standard InChI is InChI=1S/C15H29N3O2/c1-15(2)5-3-6-16-13(15)14(19)17-7-4-8-18-9-11-20-12-10-18/h13,16H,3-12H2,1-2H3,(H,17,19). The number of amides is 1. The van der Waals surface area contributed by atoms with Gasteiger partial charge < -0.3 is 15.4 Å². The van der Waals surface area contributed by atoms with E-state index in [1.54, 1.807) is 0 Å². The Morgan fingerprint density at radius 2 is 2.15 bits per heavy atom. The number of hydrogen-bond donors (Lipinski definition) is 2. The van der Waals surface area contributed by atoms with Crippen molar-refractivity contribution in [2.75, 3.05) is 45.9 Å². The summed E-state index contributed by atoms with van der Waals surface area (Å²) in [4.78, 5) is 14.7. The maximum atomic E-state index is 12.3.